The number of hydrogen-bond acceptors (Lipinski definition) is 5. The van der Waals surface area contributed by atoms with E-state index in [4.69, 9.17) is 16.3 Å². The Kier molecular flexibility index (Phi) is 6.10. The van der Waals surface area contributed by atoms with E-state index in [1.54, 1.807) is 25.4 Å². The molecule has 0 amide bonds. The average molecular weight is 451 g/mol. The van der Waals surface area contributed by atoms with Crippen molar-refractivity contribution < 1.29 is 14.3 Å². The molecule has 0 N–H and O–H groups in total. The van der Waals surface area contributed by atoms with Gasteiger partial charge in [-0.15, -0.1) is 0 Å². The molecule has 3 heterocycles. The third-order valence-corrected chi connectivity index (χ3v) is 5.77. The molecule has 0 atom stereocenters. The maximum atomic E-state index is 12.8. The number of aryl methyl sites for hydroxylation is 3. The molecule has 0 aliphatic rings. The van der Waals surface area contributed by atoms with Gasteiger partial charge in [0, 0.05) is 40.9 Å². The van der Waals surface area contributed by atoms with Crippen LogP contribution in [0, 0.1) is 20.8 Å². The summed E-state index contributed by atoms with van der Waals surface area (Å²) in [7, 11) is 0. The summed E-state index contributed by atoms with van der Waals surface area (Å²) < 4.78 is 8.95. The summed E-state index contributed by atoms with van der Waals surface area (Å²) in [5, 5.41) is 4.96. The highest BCUT2D eigenvalue weighted by Crippen LogP contribution is 2.19. The lowest BCUT2D eigenvalue weighted by Crippen LogP contribution is -2.16. The van der Waals surface area contributed by atoms with Crippen molar-refractivity contribution in [1.29, 1.82) is 0 Å². The summed E-state index contributed by atoms with van der Waals surface area (Å²) in [6.07, 6.45) is 4.10. The Morgan fingerprint density at radius 1 is 1.12 bits per heavy atom. The third-order valence-electron chi connectivity index (χ3n) is 5.52. The number of aromatic nitrogens is 4. The first-order valence-corrected chi connectivity index (χ1v) is 10.6. The minimum atomic E-state index is -0.610. The fraction of sp³-hybridized carbons (Fsp3) is 0.250. The number of hydrogen-bond donors (Lipinski definition) is 0. The van der Waals surface area contributed by atoms with Crippen LogP contribution in [0.15, 0.2) is 48.8 Å². The summed E-state index contributed by atoms with van der Waals surface area (Å²) in [5.74, 6) is -0.854. The van der Waals surface area contributed by atoms with Gasteiger partial charge in [-0.3, -0.25) is 4.79 Å². The molecule has 0 aliphatic carbocycles. The summed E-state index contributed by atoms with van der Waals surface area (Å²) in [6.45, 7) is 5.97. The zero-order valence-electron chi connectivity index (χ0n) is 18.1. The van der Waals surface area contributed by atoms with Crippen LogP contribution in [0.1, 0.15) is 43.4 Å². The van der Waals surface area contributed by atoms with Crippen LogP contribution in [-0.4, -0.2) is 37.5 Å². The lowest BCUT2D eigenvalue weighted by Gasteiger charge is -2.10. The molecule has 4 rings (SSSR count). The standard InChI is InChI=1S/C24H23ClN4O3/c1-15-13-20(17(3)28(15)12-9-18-5-7-19(25)8-6-18)21(30)14-32-24(31)22-16(2)27-29-11-4-10-26-23(22)29/h4-8,10-11,13H,9,12,14H2,1-3H3. The van der Waals surface area contributed by atoms with Crippen molar-refractivity contribution in [2.45, 2.75) is 33.7 Å². The molecule has 0 saturated carbocycles. The number of rotatable bonds is 7. The fourth-order valence-electron chi connectivity index (χ4n) is 3.84. The Morgan fingerprint density at radius 3 is 2.62 bits per heavy atom. The summed E-state index contributed by atoms with van der Waals surface area (Å²) >= 11 is 5.95. The molecule has 4 aromatic rings. The molecule has 0 bridgehead atoms. The number of nitrogens with zero attached hydrogens (tertiary/aromatic N) is 4. The maximum absolute atomic E-state index is 12.8. The van der Waals surface area contributed by atoms with Crippen LogP contribution in [0.25, 0.3) is 5.65 Å². The number of Topliss-reactive ketones (excluding diaryl/α,β-unsaturated/α-hetero) is 1. The third kappa shape index (κ3) is 4.29. The zero-order valence-corrected chi connectivity index (χ0v) is 18.9. The first-order valence-electron chi connectivity index (χ1n) is 10.3. The van der Waals surface area contributed by atoms with Gasteiger partial charge in [0.2, 0.25) is 5.78 Å². The van der Waals surface area contributed by atoms with Gasteiger partial charge >= 0.3 is 5.97 Å². The van der Waals surface area contributed by atoms with Crippen molar-refractivity contribution in [2.24, 2.45) is 0 Å². The molecule has 0 spiro atoms. The summed E-state index contributed by atoms with van der Waals surface area (Å²) in [5.41, 5.74) is 4.73. The lowest BCUT2D eigenvalue weighted by atomic mass is 10.1. The molecule has 32 heavy (non-hydrogen) atoms. The van der Waals surface area contributed by atoms with Crippen LogP contribution < -0.4 is 0 Å². The topological polar surface area (TPSA) is 78.5 Å². The van der Waals surface area contributed by atoms with E-state index in [2.05, 4.69) is 14.6 Å². The summed E-state index contributed by atoms with van der Waals surface area (Å²) in [4.78, 5) is 29.6. The second-order valence-corrected chi connectivity index (χ2v) is 8.10. The smallest absolute Gasteiger partial charge is 0.344 e. The number of ketones is 1. The van der Waals surface area contributed by atoms with Gasteiger partial charge in [-0.2, -0.15) is 5.10 Å². The van der Waals surface area contributed by atoms with E-state index in [0.29, 0.717) is 21.9 Å². The molecule has 0 saturated heterocycles. The molecule has 164 valence electrons. The maximum Gasteiger partial charge on any atom is 0.344 e. The molecule has 0 unspecified atom stereocenters. The number of esters is 1. The molecular weight excluding hydrogens is 428 g/mol. The van der Waals surface area contributed by atoms with E-state index in [0.717, 1.165) is 24.4 Å². The first-order chi connectivity index (χ1) is 15.3. The lowest BCUT2D eigenvalue weighted by molar-refractivity contribution is 0.0475. The van der Waals surface area contributed by atoms with E-state index in [9.17, 15) is 9.59 Å². The SMILES string of the molecule is Cc1nn2cccnc2c1C(=O)OCC(=O)c1cc(C)n(CCc2ccc(Cl)cc2)c1C. The van der Waals surface area contributed by atoms with E-state index in [1.165, 1.54) is 10.1 Å². The van der Waals surface area contributed by atoms with E-state index in [1.807, 2.05) is 44.2 Å². The predicted molar refractivity (Wildman–Crippen MR) is 121 cm³/mol. The highest BCUT2D eigenvalue weighted by Gasteiger charge is 2.22. The number of carbonyl (C=O) groups excluding carboxylic acids is 2. The summed E-state index contributed by atoms with van der Waals surface area (Å²) in [6, 6.07) is 11.3. The quantitative estimate of drug-likeness (QED) is 0.308. The fourth-order valence-corrected chi connectivity index (χ4v) is 3.96. The number of fused-ring (bicyclic) bond motifs is 1. The highest BCUT2D eigenvalue weighted by atomic mass is 35.5. The van der Waals surface area contributed by atoms with Crippen molar-refractivity contribution in [3.8, 4) is 0 Å². The molecule has 0 aliphatic heterocycles. The highest BCUT2D eigenvalue weighted by molar-refractivity contribution is 6.30. The first kappa shape index (κ1) is 21.8. The van der Waals surface area contributed by atoms with Gasteiger partial charge in [0.1, 0.15) is 5.56 Å². The van der Waals surface area contributed by atoms with Crippen LogP contribution in [-0.2, 0) is 17.7 Å². The van der Waals surface area contributed by atoms with Crippen LogP contribution in [0.3, 0.4) is 0 Å². The minimum Gasteiger partial charge on any atom is -0.454 e. The number of halogens is 1. The van der Waals surface area contributed by atoms with Crippen LogP contribution in [0.4, 0.5) is 0 Å². The van der Waals surface area contributed by atoms with Gasteiger partial charge in [-0.25, -0.2) is 14.3 Å². The Labute approximate surface area is 190 Å². The molecule has 0 fully saturated rings. The van der Waals surface area contributed by atoms with Gasteiger partial charge < -0.3 is 9.30 Å². The van der Waals surface area contributed by atoms with Crippen LogP contribution in [0.5, 0.6) is 0 Å². The average Bonchev–Trinajstić information content (AvgIpc) is 3.26. The van der Waals surface area contributed by atoms with Crippen molar-refractivity contribution in [3.63, 3.8) is 0 Å². The van der Waals surface area contributed by atoms with E-state index >= 15 is 0 Å². The van der Waals surface area contributed by atoms with Crippen molar-refractivity contribution in [3.05, 3.63) is 87.6 Å². The van der Waals surface area contributed by atoms with Crippen molar-refractivity contribution in [1.82, 2.24) is 19.2 Å². The van der Waals surface area contributed by atoms with Crippen LogP contribution in [0.2, 0.25) is 5.02 Å². The Morgan fingerprint density at radius 2 is 1.88 bits per heavy atom. The molecule has 3 aromatic heterocycles. The molecule has 1 aromatic carbocycles. The van der Waals surface area contributed by atoms with E-state index < -0.39 is 5.97 Å². The van der Waals surface area contributed by atoms with Crippen LogP contribution >= 0.6 is 11.6 Å². The largest absolute Gasteiger partial charge is 0.454 e. The number of carbonyl (C=O) groups is 2. The zero-order chi connectivity index (χ0) is 22.8. The van der Waals surface area contributed by atoms with Crippen molar-refractivity contribution >= 4 is 29.0 Å². The monoisotopic (exact) mass is 450 g/mol. The molecule has 7 nitrogen and oxygen atoms in total. The second kappa shape index (κ2) is 8.96. The van der Waals surface area contributed by atoms with E-state index in [-0.39, 0.29) is 18.0 Å². The second-order valence-electron chi connectivity index (χ2n) is 7.66. The minimum absolute atomic E-state index is 0.244. The molecule has 0 radical (unpaired) electrons. The molecular formula is C24H23ClN4O3. The van der Waals surface area contributed by atoms with Crippen molar-refractivity contribution in [2.75, 3.05) is 6.61 Å². The van der Waals surface area contributed by atoms with Gasteiger partial charge in [0.25, 0.3) is 0 Å². The Hall–Kier alpha value is -3.45. The Bertz CT molecular complexity index is 1310. The molecule has 8 heteroatoms. The predicted octanol–water partition coefficient (Wildman–Crippen LogP) is 4.39. The van der Waals surface area contributed by atoms with Gasteiger partial charge in [0.05, 0.1) is 5.69 Å². The normalized spacial score (nSPS) is 11.1. The number of ether oxygens (including phenoxy) is 1. The van der Waals surface area contributed by atoms with Gasteiger partial charge in [0.15, 0.2) is 12.3 Å². The number of benzene rings is 1. The van der Waals surface area contributed by atoms with Gasteiger partial charge in [-0.1, -0.05) is 23.7 Å². The Balaban J connectivity index is 1.44. The van der Waals surface area contributed by atoms with Gasteiger partial charge in [-0.05, 0) is 57.0 Å².